The van der Waals surface area contributed by atoms with Crippen molar-refractivity contribution < 1.29 is 4.79 Å². The number of nitrogens with two attached hydrogens (primary N) is 1. The molecule has 1 aromatic heterocycles. The van der Waals surface area contributed by atoms with Crippen LogP contribution in [0.3, 0.4) is 0 Å². The highest BCUT2D eigenvalue weighted by Gasteiger charge is 2.28. The number of nitrogens with one attached hydrogen (secondary N) is 1. The van der Waals surface area contributed by atoms with Gasteiger partial charge in [-0.1, -0.05) is 41.4 Å². The quantitative estimate of drug-likeness (QED) is 0.851. The van der Waals surface area contributed by atoms with Gasteiger partial charge in [0, 0.05) is 18.3 Å². The van der Waals surface area contributed by atoms with Gasteiger partial charge in [-0.05, 0) is 24.1 Å². The minimum atomic E-state index is -0.179. The lowest BCUT2D eigenvalue weighted by Crippen LogP contribution is -2.46. The number of halogens is 2. The van der Waals surface area contributed by atoms with Crippen LogP contribution in [0.5, 0.6) is 0 Å². The van der Waals surface area contributed by atoms with Gasteiger partial charge in [-0.25, -0.2) is 0 Å². The summed E-state index contributed by atoms with van der Waals surface area (Å²) in [5.74, 6) is -0.179. The zero-order valence-corrected chi connectivity index (χ0v) is 12.1. The van der Waals surface area contributed by atoms with Crippen molar-refractivity contribution in [3.63, 3.8) is 0 Å². The van der Waals surface area contributed by atoms with Gasteiger partial charge in [-0.3, -0.25) is 4.79 Å². The Balaban J connectivity index is 1.99. The first kappa shape index (κ1) is 13.5. The highest BCUT2D eigenvalue weighted by atomic mass is 35.5. The van der Waals surface area contributed by atoms with Gasteiger partial charge >= 0.3 is 0 Å². The lowest BCUT2D eigenvalue weighted by atomic mass is 9.98. The minimum Gasteiger partial charge on any atom is -0.340 e. The Hall–Kier alpha value is -1.49. The average molecular weight is 310 g/mol. The summed E-state index contributed by atoms with van der Waals surface area (Å²) in [7, 11) is 0. The Bertz CT molecular complexity index is 649. The monoisotopic (exact) mass is 309 g/mol. The number of benzene rings is 1. The maximum atomic E-state index is 12.6. The number of anilines is 1. The number of amides is 1. The predicted octanol–water partition coefficient (Wildman–Crippen LogP) is 2.85. The molecule has 1 aliphatic heterocycles. The summed E-state index contributed by atoms with van der Waals surface area (Å²) in [5, 5.41) is 0.606. The molecule has 0 aliphatic carbocycles. The van der Waals surface area contributed by atoms with E-state index in [2.05, 4.69) is 4.98 Å². The zero-order chi connectivity index (χ0) is 14.3. The van der Waals surface area contributed by atoms with Crippen LogP contribution in [0.4, 0.5) is 5.69 Å². The summed E-state index contributed by atoms with van der Waals surface area (Å²) in [6.45, 7) is 0.476. The molecule has 1 amide bonds. The molecule has 1 atom stereocenters. The van der Waals surface area contributed by atoms with E-state index < -0.39 is 0 Å². The predicted molar refractivity (Wildman–Crippen MR) is 80.6 cm³/mol. The van der Waals surface area contributed by atoms with Crippen LogP contribution in [0.25, 0.3) is 0 Å². The summed E-state index contributed by atoms with van der Waals surface area (Å²) < 4.78 is 0. The molecule has 2 aromatic rings. The van der Waals surface area contributed by atoms with Crippen LogP contribution in [0, 0.1) is 0 Å². The Labute approximate surface area is 126 Å². The Kier molecular flexibility index (Phi) is 3.46. The summed E-state index contributed by atoms with van der Waals surface area (Å²) >= 11 is 11.7. The molecule has 0 fully saturated rings. The van der Waals surface area contributed by atoms with Gasteiger partial charge in [0.25, 0.3) is 5.91 Å². The maximum absolute atomic E-state index is 12.6. The number of nitrogens with zero attached hydrogens (tertiary/aromatic N) is 1. The zero-order valence-electron chi connectivity index (χ0n) is 10.6. The van der Waals surface area contributed by atoms with Gasteiger partial charge in [0.2, 0.25) is 0 Å². The molecular formula is C14H13Cl2N3O. The first-order chi connectivity index (χ1) is 9.56. The summed E-state index contributed by atoms with van der Waals surface area (Å²) in [6.07, 6.45) is 0.770. The smallest absolute Gasteiger partial charge is 0.274 e. The third-order valence-corrected chi connectivity index (χ3v) is 4.08. The van der Waals surface area contributed by atoms with Crippen molar-refractivity contribution in [1.82, 2.24) is 4.98 Å². The fourth-order valence-electron chi connectivity index (χ4n) is 2.48. The first-order valence-electron chi connectivity index (χ1n) is 6.25. The first-order valence-corrected chi connectivity index (χ1v) is 7.01. The van der Waals surface area contributed by atoms with E-state index in [1.165, 1.54) is 6.07 Å². The van der Waals surface area contributed by atoms with E-state index in [0.29, 0.717) is 17.3 Å². The van der Waals surface area contributed by atoms with Crippen molar-refractivity contribution in [2.75, 3.05) is 11.4 Å². The van der Waals surface area contributed by atoms with Crippen LogP contribution in [-0.4, -0.2) is 23.5 Å². The summed E-state index contributed by atoms with van der Waals surface area (Å²) in [4.78, 5) is 17.1. The summed E-state index contributed by atoms with van der Waals surface area (Å²) in [5.41, 5.74) is 8.36. The number of para-hydroxylation sites is 1. The number of rotatable bonds is 1. The molecule has 0 radical (unpaired) electrons. The second-order valence-electron chi connectivity index (χ2n) is 4.85. The standard InChI is InChI=1S/C14H13Cl2N3O/c15-10-6-11(18-13(10)16)14(20)19-7-9(17)5-8-3-1-2-4-12(8)19/h1-4,6,9,18H,5,7,17H2. The van der Waals surface area contributed by atoms with Crippen molar-refractivity contribution >= 4 is 34.8 Å². The number of carbonyl (C=O) groups is 1. The number of fused-ring (bicyclic) bond motifs is 1. The maximum Gasteiger partial charge on any atom is 0.274 e. The Morgan fingerprint density at radius 2 is 2.10 bits per heavy atom. The highest BCUT2D eigenvalue weighted by Crippen LogP contribution is 2.29. The molecule has 1 aliphatic rings. The third-order valence-electron chi connectivity index (χ3n) is 3.38. The van der Waals surface area contributed by atoms with Gasteiger partial charge in [-0.2, -0.15) is 0 Å². The van der Waals surface area contributed by atoms with Crippen LogP contribution < -0.4 is 10.6 Å². The molecule has 104 valence electrons. The lowest BCUT2D eigenvalue weighted by Gasteiger charge is -2.32. The SMILES string of the molecule is NC1Cc2ccccc2N(C(=O)c2cc(Cl)c(Cl)[nH]2)C1. The Morgan fingerprint density at radius 1 is 1.35 bits per heavy atom. The van der Waals surface area contributed by atoms with E-state index in [0.717, 1.165) is 17.7 Å². The number of carbonyl (C=O) groups excluding carboxylic acids is 1. The molecule has 3 rings (SSSR count). The number of aromatic nitrogens is 1. The van der Waals surface area contributed by atoms with Crippen molar-refractivity contribution in [3.8, 4) is 0 Å². The minimum absolute atomic E-state index is 0.0743. The van der Waals surface area contributed by atoms with E-state index >= 15 is 0 Å². The molecule has 20 heavy (non-hydrogen) atoms. The van der Waals surface area contributed by atoms with E-state index in [1.54, 1.807) is 4.90 Å². The molecule has 2 heterocycles. The van der Waals surface area contributed by atoms with E-state index in [-0.39, 0.29) is 17.1 Å². The molecule has 0 bridgehead atoms. The van der Waals surface area contributed by atoms with Gasteiger partial charge in [0.15, 0.2) is 0 Å². The lowest BCUT2D eigenvalue weighted by molar-refractivity contribution is 0.0979. The molecule has 1 unspecified atom stereocenters. The van der Waals surface area contributed by atoms with Crippen LogP contribution in [0.1, 0.15) is 16.1 Å². The fraction of sp³-hybridized carbons (Fsp3) is 0.214. The van der Waals surface area contributed by atoms with Crippen molar-refractivity contribution in [2.24, 2.45) is 5.73 Å². The van der Waals surface area contributed by atoms with Gasteiger partial charge in [-0.15, -0.1) is 0 Å². The van der Waals surface area contributed by atoms with E-state index in [1.807, 2.05) is 24.3 Å². The number of hydrogen-bond acceptors (Lipinski definition) is 2. The molecule has 0 spiro atoms. The topological polar surface area (TPSA) is 62.1 Å². The van der Waals surface area contributed by atoms with Gasteiger partial charge in [0.1, 0.15) is 10.8 Å². The van der Waals surface area contributed by atoms with Gasteiger partial charge in [0.05, 0.1) is 5.02 Å². The summed E-state index contributed by atoms with van der Waals surface area (Å²) in [6, 6.07) is 9.23. The van der Waals surface area contributed by atoms with Crippen LogP contribution in [0.15, 0.2) is 30.3 Å². The normalized spacial score (nSPS) is 17.9. The fourth-order valence-corrected chi connectivity index (χ4v) is 2.80. The second kappa shape index (κ2) is 5.13. The number of hydrogen-bond donors (Lipinski definition) is 2. The molecule has 3 N–H and O–H groups in total. The largest absolute Gasteiger partial charge is 0.340 e. The van der Waals surface area contributed by atoms with Crippen LogP contribution in [-0.2, 0) is 6.42 Å². The van der Waals surface area contributed by atoms with Crippen molar-refractivity contribution in [2.45, 2.75) is 12.5 Å². The third kappa shape index (κ3) is 2.30. The van der Waals surface area contributed by atoms with Crippen LogP contribution in [0.2, 0.25) is 10.2 Å². The van der Waals surface area contributed by atoms with E-state index in [4.69, 9.17) is 28.9 Å². The molecule has 4 nitrogen and oxygen atoms in total. The number of H-pyrrole nitrogens is 1. The Morgan fingerprint density at radius 3 is 2.80 bits per heavy atom. The second-order valence-corrected chi connectivity index (χ2v) is 5.64. The van der Waals surface area contributed by atoms with E-state index in [9.17, 15) is 4.79 Å². The van der Waals surface area contributed by atoms with Crippen molar-refractivity contribution in [1.29, 1.82) is 0 Å². The number of aromatic amines is 1. The molecule has 0 saturated carbocycles. The molecular weight excluding hydrogens is 297 g/mol. The molecule has 0 saturated heterocycles. The van der Waals surface area contributed by atoms with Crippen LogP contribution >= 0.6 is 23.2 Å². The van der Waals surface area contributed by atoms with Gasteiger partial charge < -0.3 is 15.6 Å². The molecule has 1 aromatic carbocycles. The van der Waals surface area contributed by atoms with Crippen molar-refractivity contribution in [3.05, 3.63) is 51.8 Å². The average Bonchev–Trinajstić information content (AvgIpc) is 2.77. The molecule has 6 heteroatoms. The highest BCUT2D eigenvalue weighted by molar-refractivity contribution is 6.41.